The fourth-order valence-corrected chi connectivity index (χ4v) is 3.08. The minimum absolute atomic E-state index is 0.214. The summed E-state index contributed by atoms with van der Waals surface area (Å²) in [4.78, 5) is 37.0. The molecule has 1 saturated heterocycles. The first kappa shape index (κ1) is 19.6. The highest BCUT2D eigenvalue weighted by molar-refractivity contribution is 6.09. The molecule has 1 unspecified atom stereocenters. The van der Waals surface area contributed by atoms with Gasteiger partial charge in [-0.05, 0) is 49.6 Å². The zero-order valence-electron chi connectivity index (χ0n) is 15.8. The van der Waals surface area contributed by atoms with Gasteiger partial charge in [0.05, 0.1) is 18.4 Å². The van der Waals surface area contributed by atoms with E-state index in [-0.39, 0.29) is 17.4 Å². The van der Waals surface area contributed by atoms with E-state index in [0.717, 1.165) is 6.42 Å². The van der Waals surface area contributed by atoms with Crippen LogP contribution in [0.2, 0.25) is 0 Å². The maximum absolute atomic E-state index is 12.8. The average molecular weight is 382 g/mol. The number of nitrogens with one attached hydrogen (secondary N) is 2. The Morgan fingerprint density at radius 1 is 1.00 bits per heavy atom. The van der Waals surface area contributed by atoms with Crippen molar-refractivity contribution in [2.24, 2.45) is 0 Å². The summed E-state index contributed by atoms with van der Waals surface area (Å²) in [5, 5.41) is 5.57. The predicted molar refractivity (Wildman–Crippen MR) is 105 cm³/mol. The molecule has 1 aliphatic heterocycles. The molecule has 0 saturated carbocycles. The van der Waals surface area contributed by atoms with Gasteiger partial charge < -0.3 is 20.1 Å². The Morgan fingerprint density at radius 2 is 1.71 bits per heavy atom. The van der Waals surface area contributed by atoms with Crippen LogP contribution in [0.4, 0.5) is 11.4 Å². The summed E-state index contributed by atoms with van der Waals surface area (Å²) in [6.45, 7) is 2.34. The van der Waals surface area contributed by atoms with Gasteiger partial charge in [-0.25, -0.2) is 4.79 Å². The van der Waals surface area contributed by atoms with Crippen LogP contribution in [0.25, 0.3) is 0 Å². The molecule has 1 atom stereocenters. The van der Waals surface area contributed by atoms with Crippen LogP contribution >= 0.6 is 0 Å². The number of hydrogen-bond acceptors (Lipinski definition) is 5. The van der Waals surface area contributed by atoms with E-state index in [1.54, 1.807) is 49.4 Å². The lowest BCUT2D eigenvalue weighted by atomic mass is 10.0. The normalized spacial score (nSPS) is 15.7. The van der Waals surface area contributed by atoms with Gasteiger partial charge in [0.25, 0.3) is 11.8 Å². The molecular formula is C21H22N2O5. The van der Waals surface area contributed by atoms with E-state index in [4.69, 9.17) is 9.47 Å². The summed E-state index contributed by atoms with van der Waals surface area (Å²) in [5.41, 5.74) is 2.19. The van der Waals surface area contributed by atoms with Crippen molar-refractivity contribution >= 4 is 29.2 Å². The van der Waals surface area contributed by atoms with E-state index in [9.17, 15) is 14.4 Å². The third-order valence-corrected chi connectivity index (χ3v) is 4.64. The van der Waals surface area contributed by atoms with E-state index in [1.165, 1.54) is 7.11 Å². The third kappa shape index (κ3) is 4.20. The molecular weight excluding hydrogens is 360 g/mol. The number of benzene rings is 2. The molecule has 0 radical (unpaired) electrons. The molecule has 2 N–H and O–H groups in total. The van der Waals surface area contributed by atoms with Crippen molar-refractivity contribution in [2.45, 2.75) is 25.9 Å². The Balaban J connectivity index is 1.79. The van der Waals surface area contributed by atoms with Crippen molar-refractivity contribution in [1.82, 2.24) is 0 Å². The minimum Gasteiger partial charge on any atom is -0.465 e. The molecule has 0 aliphatic carbocycles. The zero-order chi connectivity index (χ0) is 20.1. The van der Waals surface area contributed by atoms with Crippen LogP contribution in [0.5, 0.6) is 0 Å². The lowest BCUT2D eigenvalue weighted by Gasteiger charge is -2.15. The van der Waals surface area contributed by atoms with Crippen LogP contribution in [-0.2, 0) is 14.3 Å². The topological polar surface area (TPSA) is 93.7 Å². The second kappa shape index (κ2) is 8.67. The average Bonchev–Trinajstić information content (AvgIpc) is 3.24. The Hall–Kier alpha value is -3.19. The van der Waals surface area contributed by atoms with Crippen LogP contribution in [0.15, 0.2) is 42.5 Å². The number of anilines is 2. The number of para-hydroxylation sites is 1. The molecule has 1 fully saturated rings. The molecule has 7 heteroatoms. The van der Waals surface area contributed by atoms with Gasteiger partial charge in [0, 0.05) is 17.9 Å². The van der Waals surface area contributed by atoms with Gasteiger partial charge >= 0.3 is 5.97 Å². The molecule has 2 aromatic carbocycles. The highest BCUT2D eigenvalue weighted by Gasteiger charge is 2.24. The van der Waals surface area contributed by atoms with E-state index >= 15 is 0 Å². The predicted octanol–water partition coefficient (Wildman–Crippen LogP) is 3.15. The molecule has 0 spiro atoms. The largest absolute Gasteiger partial charge is 0.465 e. The standard InChI is InChI=1S/C21H22N2O5/c1-13-14(8-5-10-16(13)22-20(25)18-11-6-12-28-18)19(24)23-17-9-4-3-7-15(17)21(26)27-2/h3-5,7-10,18H,6,11-12H2,1-2H3,(H,22,25)(H,23,24). The molecule has 28 heavy (non-hydrogen) atoms. The fraction of sp³-hybridized carbons (Fsp3) is 0.286. The van der Waals surface area contributed by atoms with Gasteiger partial charge in [0.1, 0.15) is 6.10 Å². The van der Waals surface area contributed by atoms with Crippen LogP contribution < -0.4 is 10.6 Å². The summed E-state index contributed by atoms with van der Waals surface area (Å²) >= 11 is 0. The van der Waals surface area contributed by atoms with E-state index < -0.39 is 12.1 Å². The second-order valence-corrected chi connectivity index (χ2v) is 6.46. The van der Waals surface area contributed by atoms with Crippen LogP contribution in [0.1, 0.15) is 39.1 Å². The SMILES string of the molecule is COC(=O)c1ccccc1NC(=O)c1cccc(NC(=O)C2CCCO2)c1C. The number of esters is 1. The molecule has 0 aromatic heterocycles. The number of methoxy groups -OCH3 is 1. The molecule has 3 rings (SSSR count). The quantitative estimate of drug-likeness (QED) is 0.775. The molecule has 2 aromatic rings. The van der Waals surface area contributed by atoms with Crippen LogP contribution in [-0.4, -0.2) is 37.6 Å². The summed E-state index contributed by atoms with van der Waals surface area (Å²) in [6.07, 6.45) is 1.10. The summed E-state index contributed by atoms with van der Waals surface area (Å²) in [7, 11) is 1.28. The van der Waals surface area contributed by atoms with Gasteiger partial charge in [0.2, 0.25) is 0 Å². The highest BCUT2D eigenvalue weighted by Crippen LogP contribution is 2.23. The van der Waals surface area contributed by atoms with Gasteiger partial charge in [-0.2, -0.15) is 0 Å². The van der Waals surface area contributed by atoms with Crippen molar-refractivity contribution in [3.8, 4) is 0 Å². The molecule has 1 heterocycles. The van der Waals surface area contributed by atoms with E-state index in [2.05, 4.69) is 10.6 Å². The first-order valence-corrected chi connectivity index (χ1v) is 9.02. The number of rotatable bonds is 5. The Morgan fingerprint density at radius 3 is 2.43 bits per heavy atom. The van der Waals surface area contributed by atoms with Gasteiger partial charge in [-0.1, -0.05) is 18.2 Å². The summed E-state index contributed by atoms with van der Waals surface area (Å²) < 4.78 is 10.1. The smallest absolute Gasteiger partial charge is 0.339 e. The van der Waals surface area contributed by atoms with Crippen molar-refractivity contribution in [1.29, 1.82) is 0 Å². The van der Waals surface area contributed by atoms with Gasteiger partial charge in [-0.15, -0.1) is 0 Å². The third-order valence-electron chi connectivity index (χ3n) is 4.64. The van der Waals surface area contributed by atoms with Crippen molar-refractivity contribution in [2.75, 3.05) is 24.4 Å². The lowest BCUT2D eigenvalue weighted by molar-refractivity contribution is -0.124. The van der Waals surface area contributed by atoms with Gasteiger partial charge in [-0.3, -0.25) is 9.59 Å². The fourth-order valence-electron chi connectivity index (χ4n) is 3.08. The van der Waals surface area contributed by atoms with E-state index in [1.807, 2.05) is 0 Å². The maximum Gasteiger partial charge on any atom is 0.339 e. The second-order valence-electron chi connectivity index (χ2n) is 6.46. The number of hydrogen-bond donors (Lipinski definition) is 2. The highest BCUT2D eigenvalue weighted by atomic mass is 16.5. The molecule has 0 bridgehead atoms. The van der Waals surface area contributed by atoms with E-state index in [0.29, 0.717) is 35.5 Å². The van der Waals surface area contributed by atoms with Gasteiger partial charge in [0.15, 0.2) is 0 Å². The Kier molecular flexibility index (Phi) is 6.06. The number of ether oxygens (including phenoxy) is 2. The van der Waals surface area contributed by atoms with Crippen LogP contribution in [0.3, 0.4) is 0 Å². The number of carbonyl (C=O) groups is 3. The van der Waals surface area contributed by atoms with Crippen molar-refractivity contribution in [3.63, 3.8) is 0 Å². The Bertz CT molecular complexity index is 903. The summed E-state index contributed by atoms with van der Waals surface area (Å²) in [6, 6.07) is 11.7. The molecule has 2 amide bonds. The number of carbonyl (C=O) groups excluding carboxylic acids is 3. The van der Waals surface area contributed by atoms with Crippen molar-refractivity contribution in [3.05, 3.63) is 59.2 Å². The lowest BCUT2D eigenvalue weighted by Crippen LogP contribution is -2.27. The summed E-state index contributed by atoms with van der Waals surface area (Å²) in [5.74, 6) is -1.14. The van der Waals surface area contributed by atoms with Crippen molar-refractivity contribution < 1.29 is 23.9 Å². The van der Waals surface area contributed by atoms with Crippen LogP contribution in [0, 0.1) is 6.92 Å². The maximum atomic E-state index is 12.8. The molecule has 7 nitrogen and oxygen atoms in total. The first-order chi connectivity index (χ1) is 13.5. The first-order valence-electron chi connectivity index (χ1n) is 9.02. The zero-order valence-corrected chi connectivity index (χ0v) is 15.8. The molecule has 146 valence electrons. The monoisotopic (exact) mass is 382 g/mol. The number of amides is 2. The minimum atomic E-state index is -0.537. The molecule has 1 aliphatic rings. The Labute approximate surface area is 163 Å².